The highest BCUT2D eigenvalue weighted by molar-refractivity contribution is 5.95. The zero-order valence-corrected chi connectivity index (χ0v) is 17.6. The number of aromatic nitrogens is 2. The van der Waals surface area contributed by atoms with E-state index in [4.69, 9.17) is 0 Å². The average Bonchev–Trinajstić information content (AvgIpc) is 2.99. The predicted octanol–water partition coefficient (Wildman–Crippen LogP) is 2.84. The highest BCUT2D eigenvalue weighted by Gasteiger charge is 2.46. The molecule has 1 aliphatic carbocycles. The molecule has 1 aromatic heterocycles. The molecule has 7 heteroatoms. The van der Waals surface area contributed by atoms with Gasteiger partial charge in [0.25, 0.3) is 5.91 Å². The molecule has 2 aromatic carbocycles. The summed E-state index contributed by atoms with van der Waals surface area (Å²) >= 11 is 0. The van der Waals surface area contributed by atoms with E-state index in [-0.39, 0.29) is 23.7 Å². The Balaban J connectivity index is 1.66. The van der Waals surface area contributed by atoms with Gasteiger partial charge in [-0.3, -0.25) is 14.6 Å². The molecule has 1 atom stereocenters. The number of hydrazine groups is 1. The zero-order valence-electron chi connectivity index (χ0n) is 17.6. The van der Waals surface area contributed by atoms with Crippen LogP contribution in [-0.2, 0) is 12.8 Å². The summed E-state index contributed by atoms with van der Waals surface area (Å²) in [6.07, 6.45) is 4.49. The second-order valence-corrected chi connectivity index (χ2v) is 8.74. The van der Waals surface area contributed by atoms with Gasteiger partial charge in [0.1, 0.15) is 6.17 Å². The maximum Gasteiger partial charge on any atom is 0.290 e. The standard InChI is InChI=1S/C25H24N4O3/c30-20-15-26-29-22(23(20)31)25(32)28-14-6-5-13-27(28)24(29)21-18-9-3-1-7-16(18)11-12-17-8-2-4-10-19(17)21/h1-4,7-10,15,21,24,31H,5-6,11-14H2. The molecule has 0 bridgehead atoms. The molecule has 6 rings (SSSR count). The Morgan fingerprint density at radius 2 is 1.50 bits per heavy atom. The topological polar surface area (TPSA) is 78.7 Å². The molecule has 0 saturated carbocycles. The van der Waals surface area contributed by atoms with E-state index in [1.165, 1.54) is 22.3 Å². The summed E-state index contributed by atoms with van der Waals surface area (Å²) in [6, 6.07) is 16.9. The van der Waals surface area contributed by atoms with Crippen LogP contribution < -0.4 is 5.43 Å². The second-order valence-electron chi connectivity index (χ2n) is 8.74. The van der Waals surface area contributed by atoms with E-state index < -0.39 is 11.2 Å². The number of carbonyl (C=O) groups excluding carboxylic acids is 1. The van der Waals surface area contributed by atoms with Crippen molar-refractivity contribution < 1.29 is 9.90 Å². The van der Waals surface area contributed by atoms with Gasteiger partial charge in [-0.05, 0) is 47.9 Å². The van der Waals surface area contributed by atoms with Gasteiger partial charge in [0.2, 0.25) is 5.43 Å². The van der Waals surface area contributed by atoms with Gasteiger partial charge in [-0.15, -0.1) is 0 Å². The second kappa shape index (κ2) is 7.31. The smallest absolute Gasteiger partial charge is 0.290 e. The van der Waals surface area contributed by atoms with Gasteiger partial charge in [0.15, 0.2) is 11.4 Å². The minimum atomic E-state index is -0.629. The van der Waals surface area contributed by atoms with Crippen LogP contribution in [-0.4, -0.2) is 43.9 Å². The minimum Gasteiger partial charge on any atom is -0.502 e. The fraction of sp³-hybridized carbons (Fsp3) is 0.320. The summed E-state index contributed by atoms with van der Waals surface area (Å²) in [5.74, 6) is -0.985. The Hall–Kier alpha value is -3.45. The van der Waals surface area contributed by atoms with E-state index in [2.05, 4.69) is 58.6 Å². The van der Waals surface area contributed by atoms with Crippen LogP contribution in [0.3, 0.4) is 0 Å². The van der Waals surface area contributed by atoms with E-state index in [1.54, 1.807) is 9.69 Å². The largest absolute Gasteiger partial charge is 0.502 e. The molecule has 1 saturated heterocycles. The Morgan fingerprint density at radius 1 is 0.875 bits per heavy atom. The third kappa shape index (κ3) is 2.74. The first-order valence-electron chi connectivity index (χ1n) is 11.2. The predicted molar refractivity (Wildman–Crippen MR) is 118 cm³/mol. The molecule has 3 aromatic rings. The van der Waals surface area contributed by atoms with Crippen molar-refractivity contribution in [3.8, 4) is 5.75 Å². The number of carbonyl (C=O) groups is 1. The number of hydrogen-bond donors (Lipinski definition) is 1. The van der Waals surface area contributed by atoms with Gasteiger partial charge in [-0.25, -0.2) is 4.68 Å². The molecule has 32 heavy (non-hydrogen) atoms. The van der Waals surface area contributed by atoms with Gasteiger partial charge >= 0.3 is 0 Å². The van der Waals surface area contributed by atoms with Crippen molar-refractivity contribution in [1.82, 2.24) is 19.8 Å². The number of aryl methyl sites for hydroxylation is 2. The van der Waals surface area contributed by atoms with Crippen LogP contribution >= 0.6 is 0 Å². The number of aromatic hydroxyl groups is 1. The zero-order chi connectivity index (χ0) is 21.8. The lowest BCUT2D eigenvalue weighted by Gasteiger charge is -2.50. The van der Waals surface area contributed by atoms with Gasteiger partial charge in [-0.2, -0.15) is 10.1 Å². The summed E-state index contributed by atoms with van der Waals surface area (Å²) in [4.78, 5) is 25.6. The fourth-order valence-corrected chi connectivity index (χ4v) is 5.59. The number of amides is 1. The monoisotopic (exact) mass is 428 g/mol. The maximum absolute atomic E-state index is 13.3. The first-order chi connectivity index (χ1) is 15.6. The molecule has 0 spiro atoms. The summed E-state index contributed by atoms with van der Waals surface area (Å²) in [5, 5.41) is 18.8. The third-order valence-electron chi connectivity index (χ3n) is 7.04. The molecule has 7 nitrogen and oxygen atoms in total. The molecule has 1 amide bonds. The van der Waals surface area contributed by atoms with Crippen LogP contribution in [0.4, 0.5) is 0 Å². The van der Waals surface area contributed by atoms with E-state index in [9.17, 15) is 14.7 Å². The number of rotatable bonds is 1. The minimum absolute atomic E-state index is 0.0140. The summed E-state index contributed by atoms with van der Waals surface area (Å²) in [6.45, 7) is 1.28. The van der Waals surface area contributed by atoms with Gasteiger partial charge < -0.3 is 5.11 Å². The number of nitrogens with zero attached hydrogens (tertiary/aromatic N) is 4. The van der Waals surface area contributed by atoms with Crippen LogP contribution in [0.25, 0.3) is 0 Å². The van der Waals surface area contributed by atoms with E-state index in [1.807, 2.05) is 0 Å². The molecule has 3 heterocycles. The fourth-order valence-electron chi connectivity index (χ4n) is 5.59. The summed E-state index contributed by atoms with van der Waals surface area (Å²) < 4.78 is 1.59. The molecule has 1 fully saturated rings. The molecular weight excluding hydrogens is 404 g/mol. The van der Waals surface area contributed by atoms with E-state index in [0.29, 0.717) is 13.1 Å². The molecule has 1 unspecified atom stereocenters. The quantitative estimate of drug-likeness (QED) is 0.645. The van der Waals surface area contributed by atoms with Crippen molar-refractivity contribution in [1.29, 1.82) is 0 Å². The van der Waals surface area contributed by atoms with Gasteiger partial charge in [-0.1, -0.05) is 48.5 Å². The van der Waals surface area contributed by atoms with Crippen molar-refractivity contribution in [2.24, 2.45) is 0 Å². The summed E-state index contributed by atoms with van der Waals surface area (Å²) in [5.41, 5.74) is 4.32. The normalized spacial score (nSPS) is 20.7. The lowest BCUT2D eigenvalue weighted by molar-refractivity contribution is -0.104. The van der Waals surface area contributed by atoms with Crippen LogP contribution in [0.1, 0.15) is 57.7 Å². The van der Waals surface area contributed by atoms with Gasteiger partial charge in [0.05, 0.1) is 6.20 Å². The summed E-state index contributed by atoms with van der Waals surface area (Å²) in [7, 11) is 0. The van der Waals surface area contributed by atoms with E-state index in [0.717, 1.165) is 31.9 Å². The molecule has 3 aliphatic rings. The molecule has 2 aliphatic heterocycles. The lowest BCUT2D eigenvalue weighted by Crippen LogP contribution is -2.59. The first kappa shape index (κ1) is 19.3. The van der Waals surface area contributed by atoms with Crippen molar-refractivity contribution in [2.75, 3.05) is 13.1 Å². The first-order valence-corrected chi connectivity index (χ1v) is 11.2. The Morgan fingerprint density at radius 3 is 2.19 bits per heavy atom. The highest BCUT2D eigenvalue weighted by Crippen LogP contribution is 2.46. The average molecular weight is 428 g/mol. The van der Waals surface area contributed by atoms with Crippen molar-refractivity contribution in [2.45, 2.75) is 37.8 Å². The molecular formula is C25H24N4O3. The lowest BCUT2D eigenvalue weighted by atomic mass is 9.84. The highest BCUT2D eigenvalue weighted by atomic mass is 16.3. The number of hydrogen-bond acceptors (Lipinski definition) is 5. The van der Waals surface area contributed by atoms with Crippen LogP contribution in [0.2, 0.25) is 0 Å². The Labute approximate surface area is 185 Å². The van der Waals surface area contributed by atoms with Crippen molar-refractivity contribution >= 4 is 5.91 Å². The maximum atomic E-state index is 13.3. The van der Waals surface area contributed by atoms with Crippen LogP contribution in [0.5, 0.6) is 5.75 Å². The molecule has 0 radical (unpaired) electrons. The molecule has 162 valence electrons. The van der Waals surface area contributed by atoms with E-state index >= 15 is 0 Å². The number of fused-ring (bicyclic) bond motifs is 4. The van der Waals surface area contributed by atoms with Crippen molar-refractivity contribution in [3.63, 3.8) is 0 Å². The van der Waals surface area contributed by atoms with Crippen LogP contribution in [0, 0.1) is 0 Å². The number of benzene rings is 2. The Bertz CT molecular complexity index is 1240. The van der Waals surface area contributed by atoms with Crippen molar-refractivity contribution in [3.05, 3.63) is 92.9 Å². The Kier molecular flexibility index (Phi) is 4.40. The SMILES string of the molecule is O=C1c2c(O)c(=O)cnn2C(C2c3ccccc3CCc3ccccc32)N2CCCCN12. The third-order valence-corrected chi connectivity index (χ3v) is 7.04. The molecule has 1 N–H and O–H groups in total. The van der Waals surface area contributed by atoms with Crippen LogP contribution in [0.15, 0.2) is 59.5 Å². The van der Waals surface area contributed by atoms with Gasteiger partial charge in [0, 0.05) is 19.0 Å².